The maximum absolute atomic E-state index is 5.04. The second-order valence-corrected chi connectivity index (χ2v) is 3.00. The summed E-state index contributed by atoms with van der Waals surface area (Å²) in [6.07, 6.45) is 3.74. The third-order valence-corrected chi connectivity index (χ3v) is 2.25. The molecule has 10 heavy (non-hydrogen) atoms. The molecule has 1 saturated heterocycles. The van der Waals surface area contributed by atoms with E-state index in [1.54, 1.807) is 6.20 Å². The van der Waals surface area contributed by atoms with Gasteiger partial charge in [0.05, 0.1) is 19.3 Å². The van der Waals surface area contributed by atoms with Gasteiger partial charge in [0, 0.05) is 12.4 Å². The van der Waals surface area contributed by atoms with Crippen LogP contribution in [-0.4, -0.2) is 22.8 Å². The molecule has 0 unspecified atom stereocenters. The number of aromatic nitrogens is 2. The van der Waals surface area contributed by atoms with E-state index >= 15 is 0 Å². The molecule has 0 spiro atoms. The number of ether oxygens (including phenoxy) is 1. The van der Waals surface area contributed by atoms with Crippen molar-refractivity contribution in [3.8, 4) is 0 Å². The standard InChI is InChI=1S/C6H7BrN2O/c7-6-8-1-2-9(6)5-3-10-4-5/h1-2,5H,3-4H2. The van der Waals surface area contributed by atoms with Crippen LogP contribution in [-0.2, 0) is 4.74 Å². The Labute approximate surface area is 67.1 Å². The SMILES string of the molecule is Brc1nccn1C1COC1. The van der Waals surface area contributed by atoms with E-state index in [1.165, 1.54) is 0 Å². The number of hydrogen-bond donors (Lipinski definition) is 0. The number of nitrogens with zero attached hydrogens (tertiary/aromatic N) is 2. The lowest BCUT2D eigenvalue weighted by Gasteiger charge is -2.27. The summed E-state index contributed by atoms with van der Waals surface area (Å²) >= 11 is 3.34. The van der Waals surface area contributed by atoms with Gasteiger partial charge in [-0.25, -0.2) is 4.98 Å². The van der Waals surface area contributed by atoms with E-state index in [9.17, 15) is 0 Å². The van der Waals surface area contributed by atoms with Crippen molar-refractivity contribution in [3.63, 3.8) is 0 Å². The molecule has 54 valence electrons. The van der Waals surface area contributed by atoms with Gasteiger partial charge in [-0.3, -0.25) is 0 Å². The number of imidazole rings is 1. The molecule has 4 heteroatoms. The van der Waals surface area contributed by atoms with Gasteiger partial charge < -0.3 is 9.30 Å². The van der Waals surface area contributed by atoms with Gasteiger partial charge in [-0.2, -0.15) is 0 Å². The summed E-state index contributed by atoms with van der Waals surface area (Å²) in [5.74, 6) is 0. The van der Waals surface area contributed by atoms with Crippen molar-refractivity contribution in [1.29, 1.82) is 0 Å². The first-order valence-corrected chi connectivity index (χ1v) is 3.93. The predicted octanol–water partition coefficient (Wildman–Crippen LogP) is 1.22. The monoisotopic (exact) mass is 202 g/mol. The minimum Gasteiger partial charge on any atom is -0.377 e. The van der Waals surface area contributed by atoms with Crippen LogP contribution in [0, 0.1) is 0 Å². The zero-order chi connectivity index (χ0) is 6.97. The number of halogens is 1. The first kappa shape index (κ1) is 6.37. The Morgan fingerprint density at radius 1 is 1.70 bits per heavy atom. The van der Waals surface area contributed by atoms with Crippen molar-refractivity contribution in [2.45, 2.75) is 6.04 Å². The third-order valence-electron chi connectivity index (χ3n) is 1.64. The van der Waals surface area contributed by atoms with Gasteiger partial charge in [0.1, 0.15) is 0 Å². The molecular formula is C6H7BrN2O. The first-order chi connectivity index (χ1) is 4.88. The summed E-state index contributed by atoms with van der Waals surface area (Å²) in [5.41, 5.74) is 0. The predicted molar refractivity (Wildman–Crippen MR) is 39.8 cm³/mol. The number of rotatable bonds is 1. The third kappa shape index (κ3) is 0.876. The Morgan fingerprint density at radius 3 is 2.90 bits per heavy atom. The largest absolute Gasteiger partial charge is 0.377 e. The molecule has 3 nitrogen and oxygen atoms in total. The highest BCUT2D eigenvalue weighted by Gasteiger charge is 2.21. The lowest BCUT2D eigenvalue weighted by Crippen LogP contribution is -2.30. The molecule has 0 atom stereocenters. The maximum Gasteiger partial charge on any atom is 0.177 e. The summed E-state index contributed by atoms with van der Waals surface area (Å²) in [4.78, 5) is 4.04. The van der Waals surface area contributed by atoms with E-state index in [1.807, 2.05) is 6.20 Å². The summed E-state index contributed by atoms with van der Waals surface area (Å²) in [5, 5.41) is 0. The Morgan fingerprint density at radius 2 is 2.50 bits per heavy atom. The fourth-order valence-corrected chi connectivity index (χ4v) is 1.48. The second-order valence-electron chi connectivity index (χ2n) is 2.29. The van der Waals surface area contributed by atoms with Crippen LogP contribution < -0.4 is 0 Å². The quantitative estimate of drug-likeness (QED) is 0.685. The molecule has 0 radical (unpaired) electrons. The number of hydrogen-bond acceptors (Lipinski definition) is 2. The molecule has 1 aliphatic rings. The van der Waals surface area contributed by atoms with Gasteiger partial charge in [0.15, 0.2) is 4.73 Å². The average Bonchev–Trinajstić information content (AvgIpc) is 2.12. The van der Waals surface area contributed by atoms with Gasteiger partial charge in [0.2, 0.25) is 0 Å². The lowest BCUT2D eigenvalue weighted by atomic mass is 10.3. The molecule has 0 aliphatic carbocycles. The Bertz CT molecular complexity index is 231. The summed E-state index contributed by atoms with van der Waals surface area (Å²) in [6.45, 7) is 1.63. The molecule has 0 N–H and O–H groups in total. The average molecular weight is 203 g/mol. The van der Waals surface area contributed by atoms with E-state index in [2.05, 4.69) is 25.5 Å². The normalized spacial score (nSPS) is 18.9. The van der Waals surface area contributed by atoms with E-state index in [4.69, 9.17) is 4.74 Å². The molecular weight excluding hydrogens is 196 g/mol. The zero-order valence-corrected chi connectivity index (χ0v) is 6.91. The van der Waals surface area contributed by atoms with Gasteiger partial charge in [-0.1, -0.05) is 0 Å². The first-order valence-electron chi connectivity index (χ1n) is 3.14. The molecule has 0 saturated carbocycles. The Balaban J connectivity index is 2.23. The summed E-state index contributed by atoms with van der Waals surface area (Å²) < 4.78 is 8.01. The van der Waals surface area contributed by atoms with Crippen LogP contribution in [0.15, 0.2) is 17.1 Å². The molecule has 2 heterocycles. The highest BCUT2D eigenvalue weighted by atomic mass is 79.9. The van der Waals surface area contributed by atoms with Gasteiger partial charge in [0.25, 0.3) is 0 Å². The minimum absolute atomic E-state index is 0.497. The lowest BCUT2D eigenvalue weighted by molar-refractivity contribution is -0.0243. The van der Waals surface area contributed by atoms with Crippen molar-refractivity contribution in [2.75, 3.05) is 13.2 Å². The van der Waals surface area contributed by atoms with Crippen molar-refractivity contribution < 1.29 is 4.74 Å². The topological polar surface area (TPSA) is 27.1 Å². The molecule has 1 aromatic rings. The maximum atomic E-state index is 5.04. The van der Waals surface area contributed by atoms with E-state index in [0.717, 1.165) is 17.9 Å². The fraction of sp³-hybridized carbons (Fsp3) is 0.500. The van der Waals surface area contributed by atoms with Crippen LogP contribution in [0.5, 0.6) is 0 Å². The Kier molecular flexibility index (Phi) is 1.50. The highest BCUT2D eigenvalue weighted by molar-refractivity contribution is 9.10. The molecule has 0 bridgehead atoms. The van der Waals surface area contributed by atoms with Crippen molar-refractivity contribution in [2.24, 2.45) is 0 Å². The van der Waals surface area contributed by atoms with Gasteiger partial charge >= 0.3 is 0 Å². The van der Waals surface area contributed by atoms with Crippen LogP contribution >= 0.6 is 15.9 Å². The van der Waals surface area contributed by atoms with E-state index < -0.39 is 0 Å². The van der Waals surface area contributed by atoms with E-state index in [-0.39, 0.29) is 0 Å². The zero-order valence-electron chi connectivity index (χ0n) is 5.33. The van der Waals surface area contributed by atoms with Crippen LogP contribution in [0.1, 0.15) is 6.04 Å². The van der Waals surface area contributed by atoms with Crippen LogP contribution in [0.3, 0.4) is 0 Å². The summed E-state index contributed by atoms with van der Waals surface area (Å²) in [7, 11) is 0. The molecule has 2 rings (SSSR count). The van der Waals surface area contributed by atoms with Crippen LogP contribution in [0.25, 0.3) is 0 Å². The second kappa shape index (κ2) is 2.36. The minimum atomic E-state index is 0.497. The van der Waals surface area contributed by atoms with Gasteiger partial charge in [-0.15, -0.1) is 0 Å². The molecule has 1 aliphatic heterocycles. The van der Waals surface area contributed by atoms with Crippen molar-refractivity contribution in [3.05, 3.63) is 17.1 Å². The van der Waals surface area contributed by atoms with E-state index in [0.29, 0.717) is 6.04 Å². The Hall–Kier alpha value is -0.350. The molecule has 1 aromatic heterocycles. The molecule has 1 fully saturated rings. The van der Waals surface area contributed by atoms with Crippen LogP contribution in [0.4, 0.5) is 0 Å². The van der Waals surface area contributed by atoms with Gasteiger partial charge in [-0.05, 0) is 15.9 Å². The summed E-state index contributed by atoms with van der Waals surface area (Å²) in [6, 6.07) is 0.497. The smallest absolute Gasteiger partial charge is 0.177 e. The van der Waals surface area contributed by atoms with Crippen LogP contribution in [0.2, 0.25) is 0 Å². The van der Waals surface area contributed by atoms with Crippen molar-refractivity contribution in [1.82, 2.24) is 9.55 Å². The fourth-order valence-electron chi connectivity index (χ4n) is 0.951. The van der Waals surface area contributed by atoms with Crippen molar-refractivity contribution >= 4 is 15.9 Å². The molecule has 0 aromatic carbocycles. The highest BCUT2D eigenvalue weighted by Crippen LogP contribution is 2.20. The molecule has 0 amide bonds.